The van der Waals surface area contributed by atoms with Crippen molar-refractivity contribution in [1.29, 1.82) is 0 Å². The van der Waals surface area contributed by atoms with Crippen molar-refractivity contribution in [3.8, 4) is 0 Å². The van der Waals surface area contributed by atoms with Gasteiger partial charge in [0.15, 0.2) is 5.96 Å². The van der Waals surface area contributed by atoms with E-state index in [0.29, 0.717) is 25.8 Å². The lowest BCUT2D eigenvalue weighted by atomic mass is 10.1. The third-order valence-electron chi connectivity index (χ3n) is 4.71. The lowest BCUT2D eigenvalue weighted by molar-refractivity contribution is -0.142. The monoisotopic (exact) mass is 474 g/mol. The number of nitrogens with zero attached hydrogens (tertiary/aromatic N) is 1. The lowest BCUT2D eigenvalue weighted by Gasteiger charge is -2.24. The van der Waals surface area contributed by atoms with Crippen molar-refractivity contribution < 1.29 is 29.4 Å². The molecule has 33 heavy (non-hydrogen) atoms. The minimum absolute atomic E-state index is 0.108. The zero-order valence-corrected chi connectivity index (χ0v) is 19.1. The largest absolute Gasteiger partial charge is 0.480 e. The molecule has 0 heterocycles. The molecule has 0 radical (unpaired) electrons. The first-order chi connectivity index (χ1) is 15.4. The predicted molar refractivity (Wildman–Crippen MR) is 122 cm³/mol. The number of rotatable bonds is 16. The Hall–Kier alpha value is -2.97. The first-order valence-corrected chi connectivity index (χ1v) is 10.7. The Balaban J connectivity index is 5.24. The van der Waals surface area contributed by atoms with E-state index in [2.05, 4.69) is 20.9 Å². The van der Waals surface area contributed by atoms with Crippen molar-refractivity contribution in [3.63, 3.8) is 0 Å². The highest BCUT2D eigenvalue weighted by atomic mass is 16.4. The molecule has 0 saturated carbocycles. The van der Waals surface area contributed by atoms with Crippen LogP contribution in [0.5, 0.6) is 0 Å². The van der Waals surface area contributed by atoms with Gasteiger partial charge in [-0.2, -0.15) is 0 Å². The van der Waals surface area contributed by atoms with Crippen LogP contribution in [0.25, 0.3) is 0 Å². The highest BCUT2D eigenvalue weighted by Gasteiger charge is 2.29. The summed E-state index contributed by atoms with van der Waals surface area (Å²) in [5.74, 6) is -3.48. The molecule has 14 heteroatoms. The van der Waals surface area contributed by atoms with Crippen LogP contribution in [0.15, 0.2) is 4.99 Å². The number of hydrogen-bond acceptors (Lipinski definition) is 8. The van der Waals surface area contributed by atoms with Gasteiger partial charge in [-0.25, -0.2) is 4.79 Å². The average molecular weight is 475 g/mol. The van der Waals surface area contributed by atoms with Crippen LogP contribution in [0.2, 0.25) is 0 Å². The summed E-state index contributed by atoms with van der Waals surface area (Å²) in [7, 11) is 0. The molecule has 13 N–H and O–H groups in total. The van der Waals surface area contributed by atoms with Gasteiger partial charge in [-0.3, -0.25) is 19.4 Å². The summed E-state index contributed by atoms with van der Waals surface area (Å²) in [4.78, 5) is 52.6. The number of carboxylic acids is 1. The molecule has 0 aromatic rings. The maximum atomic E-state index is 12.8. The molecule has 0 fully saturated rings. The number of guanidine groups is 1. The number of amides is 3. The number of aliphatic hydroxyl groups excluding tert-OH is 1. The Bertz CT molecular complexity index is 683. The van der Waals surface area contributed by atoms with E-state index in [1.54, 1.807) is 0 Å². The number of aliphatic hydroxyl groups is 1. The number of aliphatic carboxylic acids is 1. The number of nitrogens with two attached hydrogens (primary N) is 4. The van der Waals surface area contributed by atoms with Crippen LogP contribution in [-0.4, -0.2) is 83.2 Å². The molecule has 0 aliphatic rings. The van der Waals surface area contributed by atoms with Crippen LogP contribution >= 0.6 is 0 Å². The number of aliphatic imine (C=N–C) groups is 1. The topological polar surface area (TPSA) is 261 Å². The first kappa shape index (κ1) is 30.0. The van der Waals surface area contributed by atoms with E-state index in [1.807, 2.05) is 0 Å². The Morgan fingerprint density at radius 3 is 1.97 bits per heavy atom. The second kappa shape index (κ2) is 15.8. The molecule has 0 aliphatic carbocycles. The maximum absolute atomic E-state index is 12.8. The molecule has 5 atom stereocenters. The minimum atomic E-state index is -1.23. The van der Waals surface area contributed by atoms with Crippen LogP contribution in [-0.2, 0) is 19.2 Å². The Kier molecular flexibility index (Phi) is 14.4. The van der Waals surface area contributed by atoms with Crippen molar-refractivity contribution in [2.24, 2.45) is 27.9 Å². The average Bonchev–Trinajstić information content (AvgIpc) is 2.73. The first-order valence-electron chi connectivity index (χ1n) is 10.7. The second-order valence-corrected chi connectivity index (χ2v) is 7.69. The summed E-state index contributed by atoms with van der Waals surface area (Å²) < 4.78 is 0. The molecule has 0 spiro atoms. The lowest BCUT2D eigenvalue weighted by Crippen LogP contribution is -2.57. The molecule has 0 saturated heterocycles. The molecule has 0 aromatic carbocycles. The smallest absolute Gasteiger partial charge is 0.326 e. The number of carbonyl (C=O) groups excluding carboxylic acids is 3. The molecule has 0 aliphatic heterocycles. The van der Waals surface area contributed by atoms with E-state index < -0.39 is 54.0 Å². The summed E-state index contributed by atoms with van der Waals surface area (Å²) in [6.45, 7) is 3.30. The third kappa shape index (κ3) is 12.6. The standard InChI is InChI=1S/C19H38N8O6/c1-10(25-17(31)14(21)11(2)28)15(29)26-12(7-5-9-24-19(22)23)16(30)27-13(18(32)33)6-3-4-8-20/h10-14,28H,3-9,20-21H2,1-2H3,(H,25,31)(H,26,29)(H,27,30)(H,32,33)(H4,22,23,24)/t10-,11+,12-,13-,14-/m0/s1. The zero-order valence-electron chi connectivity index (χ0n) is 19.1. The van der Waals surface area contributed by atoms with Crippen molar-refractivity contribution in [1.82, 2.24) is 16.0 Å². The van der Waals surface area contributed by atoms with Gasteiger partial charge in [-0.05, 0) is 52.5 Å². The number of nitrogens with one attached hydrogen (secondary N) is 3. The van der Waals surface area contributed by atoms with Gasteiger partial charge in [0.2, 0.25) is 17.7 Å². The van der Waals surface area contributed by atoms with Crippen LogP contribution in [0.3, 0.4) is 0 Å². The van der Waals surface area contributed by atoms with E-state index in [4.69, 9.17) is 22.9 Å². The molecular formula is C19H38N8O6. The van der Waals surface area contributed by atoms with Gasteiger partial charge in [0.05, 0.1) is 6.10 Å². The van der Waals surface area contributed by atoms with Crippen molar-refractivity contribution in [2.45, 2.75) is 76.2 Å². The van der Waals surface area contributed by atoms with Crippen molar-refractivity contribution in [2.75, 3.05) is 13.1 Å². The number of hydrogen-bond donors (Lipinski definition) is 9. The van der Waals surface area contributed by atoms with Crippen LogP contribution in [0.1, 0.15) is 46.0 Å². The van der Waals surface area contributed by atoms with Gasteiger partial charge < -0.3 is 49.1 Å². The van der Waals surface area contributed by atoms with Gasteiger partial charge in [0.1, 0.15) is 24.2 Å². The summed E-state index contributed by atoms with van der Waals surface area (Å²) in [5, 5.41) is 26.1. The van der Waals surface area contributed by atoms with Gasteiger partial charge in [0, 0.05) is 6.54 Å². The molecular weight excluding hydrogens is 436 g/mol. The second-order valence-electron chi connectivity index (χ2n) is 7.69. The Morgan fingerprint density at radius 2 is 1.45 bits per heavy atom. The molecule has 0 bridgehead atoms. The van der Waals surface area contributed by atoms with E-state index in [-0.39, 0.29) is 25.3 Å². The number of unbranched alkanes of at least 4 members (excludes halogenated alkanes) is 1. The SMILES string of the molecule is C[C@H](NC(=O)[C@@H](N)[C@@H](C)O)C(=O)N[C@@H](CCCN=C(N)N)C(=O)N[C@@H](CCCCN)C(=O)O. The highest BCUT2D eigenvalue weighted by Crippen LogP contribution is 2.05. The fraction of sp³-hybridized carbons (Fsp3) is 0.737. The summed E-state index contributed by atoms with van der Waals surface area (Å²) in [6, 6.07) is -4.56. The Morgan fingerprint density at radius 1 is 0.879 bits per heavy atom. The number of carbonyl (C=O) groups is 4. The summed E-state index contributed by atoms with van der Waals surface area (Å²) >= 11 is 0. The normalized spacial score (nSPS) is 15.3. The molecule has 0 rings (SSSR count). The predicted octanol–water partition coefficient (Wildman–Crippen LogP) is -3.56. The fourth-order valence-corrected chi connectivity index (χ4v) is 2.69. The van der Waals surface area contributed by atoms with Crippen LogP contribution < -0.4 is 38.9 Å². The van der Waals surface area contributed by atoms with E-state index in [0.717, 1.165) is 0 Å². The quantitative estimate of drug-likeness (QED) is 0.0603. The molecule has 190 valence electrons. The highest BCUT2D eigenvalue weighted by molar-refractivity contribution is 5.94. The van der Waals surface area contributed by atoms with Crippen molar-refractivity contribution >= 4 is 29.7 Å². The number of carboxylic acid groups (broad SMARTS) is 1. The molecule has 3 amide bonds. The van der Waals surface area contributed by atoms with Crippen LogP contribution in [0, 0.1) is 0 Å². The molecule has 14 nitrogen and oxygen atoms in total. The molecule has 0 unspecified atom stereocenters. The summed E-state index contributed by atoms with van der Waals surface area (Å²) in [5.41, 5.74) is 21.5. The van der Waals surface area contributed by atoms with Gasteiger partial charge in [-0.1, -0.05) is 0 Å². The van der Waals surface area contributed by atoms with Gasteiger partial charge >= 0.3 is 5.97 Å². The zero-order chi connectivity index (χ0) is 25.6. The molecule has 0 aromatic heterocycles. The van der Waals surface area contributed by atoms with E-state index in [9.17, 15) is 29.4 Å². The Labute approximate surface area is 192 Å². The van der Waals surface area contributed by atoms with Gasteiger partial charge in [-0.15, -0.1) is 0 Å². The van der Waals surface area contributed by atoms with Gasteiger partial charge in [0.25, 0.3) is 0 Å². The summed E-state index contributed by atoms with van der Waals surface area (Å²) in [6.07, 6.45) is 0.580. The fourth-order valence-electron chi connectivity index (χ4n) is 2.69. The van der Waals surface area contributed by atoms with Crippen molar-refractivity contribution in [3.05, 3.63) is 0 Å². The third-order valence-corrected chi connectivity index (χ3v) is 4.71. The van der Waals surface area contributed by atoms with E-state index >= 15 is 0 Å². The minimum Gasteiger partial charge on any atom is -0.480 e. The van der Waals surface area contributed by atoms with E-state index in [1.165, 1.54) is 13.8 Å². The van der Waals surface area contributed by atoms with Crippen LogP contribution in [0.4, 0.5) is 0 Å². The maximum Gasteiger partial charge on any atom is 0.326 e.